The van der Waals surface area contributed by atoms with Gasteiger partial charge in [0.05, 0.1) is 13.2 Å². The number of nitrogens with zero attached hydrogens (tertiary/aromatic N) is 2. The van der Waals surface area contributed by atoms with Crippen LogP contribution in [-0.2, 0) is 18.0 Å². The molecule has 1 rings (SSSR count). The molecule has 3 heteroatoms. The summed E-state index contributed by atoms with van der Waals surface area (Å²) in [5.41, 5.74) is 0. The lowest BCUT2D eigenvalue weighted by Crippen LogP contribution is -2.33. The molecule has 3 nitrogen and oxygen atoms in total. The summed E-state index contributed by atoms with van der Waals surface area (Å²) in [4.78, 5) is 0. The van der Waals surface area contributed by atoms with Crippen molar-refractivity contribution in [3.05, 3.63) is 18.7 Å². The molecule has 0 aliphatic rings. The Morgan fingerprint density at radius 2 is 2.20 bits per heavy atom. The zero-order valence-electron chi connectivity index (χ0n) is 10.1. The second-order valence-corrected chi connectivity index (χ2v) is 4.18. The number of hydrogen-bond donors (Lipinski definition) is 0. The first-order valence-electron chi connectivity index (χ1n) is 5.88. The molecule has 0 N–H and O–H groups in total. The van der Waals surface area contributed by atoms with Crippen LogP contribution in [0.2, 0.25) is 0 Å². The number of rotatable bonds is 7. The van der Waals surface area contributed by atoms with Crippen LogP contribution in [0.5, 0.6) is 0 Å². The van der Waals surface area contributed by atoms with Crippen LogP contribution in [0, 0.1) is 5.92 Å². The van der Waals surface area contributed by atoms with Crippen LogP contribution in [0.1, 0.15) is 33.6 Å². The van der Waals surface area contributed by atoms with E-state index in [2.05, 4.69) is 48.6 Å². The average Bonchev–Trinajstić information content (AvgIpc) is 2.66. The molecular weight excluding hydrogens is 188 g/mol. The van der Waals surface area contributed by atoms with Gasteiger partial charge in [0.2, 0.25) is 6.33 Å². The molecule has 0 saturated heterocycles. The van der Waals surface area contributed by atoms with Crippen molar-refractivity contribution in [1.29, 1.82) is 0 Å². The Bertz CT molecular complexity index is 270. The van der Waals surface area contributed by atoms with E-state index >= 15 is 0 Å². The van der Waals surface area contributed by atoms with Gasteiger partial charge < -0.3 is 4.74 Å². The topological polar surface area (TPSA) is 18.0 Å². The molecule has 0 saturated carbocycles. The fraction of sp³-hybridized carbons (Fsp3) is 0.750. The van der Waals surface area contributed by atoms with Gasteiger partial charge in [0.1, 0.15) is 12.4 Å². The first-order chi connectivity index (χ1) is 7.26. The molecular formula is C12H23N2O+. The summed E-state index contributed by atoms with van der Waals surface area (Å²) < 4.78 is 9.88. The molecule has 0 bridgehead atoms. The zero-order valence-corrected chi connectivity index (χ0v) is 10.1. The second kappa shape index (κ2) is 6.62. The minimum absolute atomic E-state index is 0.656. The summed E-state index contributed by atoms with van der Waals surface area (Å²) in [6.07, 6.45) is 8.60. The van der Waals surface area contributed by atoms with Gasteiger partial charge in [0, 0.05) is 0 Å². The lowest BCUT2D eigenvalue weighted by atomic mass is 10.1. The van der Waals surface area contributed by atoms with Gasteiger partial charge in [-0.3, -0.25) is 0 Å². The van der Waals surface area contributed by atoms with E-state index in [1.54, 1.807) is 0 Å². The van der Waals surface area contributed by atoms with Crippen molar-refractivity contribution in [2.24, 2.45) is 5.92 Å². The number of imidazole rings is 1. The van der Waals surface area contributed by atoms with Gasteiger partial charge in [0.15, 0.2) is 6.73 Å². The van der Waals surface area contributed by atoms with E-state index < -0.39 is 0 Å². The highest BCUT2D eigenvalue weighted by molar-refractivity contribution is 4.65. The van der Waals surface area contributed by atoms with E-state index in [1.165, 1.54) is 12.8 Å². The molecule has 0 amide bonds. The maximum Gasteiger partial charge on any atom is 0.245 e. The Kier molecular flexibility index (Phi) is 5.40. The van der Waals surface area contributed by atoms with Crippen molar-refractivity contribution in [2.75, 3.05) is 6.61 Å². The Morgan fingerprint density at radius 1 is 1.40 bits per heavy atom. The van der Waals surface area contributed by atoms with Crippen molar-refractivity contribution in [3.63, 3.8) is 0 Å². The summed E-state index contributed by atoms with van der Waals surface area (Å²) in [6.45, 7) is 9.19. The van der Waals surface area contributed by atoms with Crippen LogP contribution in [0.4, 0.5) is 0 Å². The van der Waals surface area contributed by atoms with Crippen LogP contribution in [0.25, 0.3) is 0 Å². The molecule has 0 aliphatic heterocycles. The lowest BCUT2D eigenvalue weighted by molar-refractivity contribution is -0.732. The molecule has 0 spiro atoms. The molecule has 0 aliphatic carbocycles. The molecule has 86 valence electrons. The Labute approximate surface area is 92.7 Å². The van der Waals surface area contributed by atoms with E-state index in [-0.39, 0.29) is 0 Å². The number of aromatic nitrogens is 2. The van der Waals surface area contributed by atoms with Crippen LogP contribution in [0.15, 0.2) is 18.7 Å². The van der Waals surface area contributed by atoms with Crippen LogP contribution in [-0.4, -0.2) is 11.2 Å². The first kappa shape index (κ1) is 12.2. The largest absolute Gasteiger partial charge is 0.341 e. The number of hydrogen-bond acceptors (Lipinski definition) is 1. The normalized spacial score (nSPS) is 13.0. The highest BCUT2D eigenvalue weighted by atomic mass is 16.5. The van der Waals surface area contributed by atoms with Gasteiger partial charge in [-0.25, -0.2) is 9.13 Å². The first-order valence-corrected chi connectivity index (χ1v) is 5.88. The van der Waals surface area contributed by atoms with Crippen LogP contribution in [0.3, 0.4) is 0 Å². The number of ether oxygens (including phenoxy) is 1. The third-order valence-corrected chi connectivity index (χ3v) is 2.57. The van der Waals surface area contributed by atoms with Crippen LogP contribution >= 0.6 is 0 Å². The summed E-state index contributed by atoms with van der Waals surface area (Å²) in [5.74, 6) is 0.656. The molecule has 1 aromatic heterocycles. The molecule has 0 unspecified atom stereocenters. The third kappa shape index (κ3) is 4.47. The highest BCUT2D eigenvalue weighted by Gasteiger charge is 2.03. The highest BCUT2D eigenvalue weighted by Crippen LogP contribution is 2.00. The minimum atomic E-state index is 0.656. The van der Waals surface area contributed by atoms with Crippen molar-refractivity contribution in [2.45, 2.75) is 46.9 Å². The maximum atomic E-state index is 5.61. The Hall–Kier alpha value is -0.830. The van der Waals surface area contributed by atoms with Crippen molar-refractivity contribution in [1.82, 2.24) is 4.57 Å². The van der Waals surface area contributed by atoms with E-state index in [0.29, 0.717) is 12.6 Å². The van der Waals surface area contributed by atoms with Crippen molar-refractivity contribution < 1.29 is 9.30 Å². The molecule has 15 heavy (non-hydrogen) atoms. The fourth-order valence-corrected chi connectivity index (χ4v) is 1.38. The van der Waals surface area contributed by atoms with E-state index in [1.807, 2.05) is 0 Å². The smallest absolute Gasteiger partial charge is 0.245 e. The summed E-state index contributed by atoms with van der Waals surface area (Å²) in [7, 11) is 0. The van der Waals surface area contributed by atoms with Gasteiger partial charge in [-0.05, 0) is 12.3 Å². The van der Waals surface area contributed by atoms with Gasteiger partial charge in [-0.15, -0.1) is 0 Å². The zero-order chi connectivity index (χ0) is 11.1. The van der Waals surface area contributed by atoms with E-state index in [9.17, 15) is 0 Å². The Morgan fingerprint density at radius 3 is 2.87 bits per heavy atom. The van der Waals surface area contributed by atoms with Gasteiger partial charge in [0.25, 0.3) is 0 Å². The van der Waals surface area contributed by atoms with Gasteiger partial charge in [-0.2, -0.15) is 0 Å². The molecule has 0 fully saturated rings. The molecule has 0 radical (unpaired) electrons. The van der Waals surface area contributed by atoms with Crippen molar-refractivity contribution >= 4 is 0 Å². The predicted molar refractivity (Wildman–Crippen MR) is 60.3 cm³/mol. The van der Waals surface area contributed by atoms with Crippen LogP contribution < -0.4 is 4.57 Å². The predicted octanol–water partition coefficient (Wildman–Crippen LogP) is 2.21. The summed E-state index contributed by atoms with van der Waals surface area (Å²) in [6, 6.07) is 0. The average molecular weight is 211 g/mol. The monoisotopic (exact) mass is 211 g/mol. The SMILES string of the molecule is CCCn1cc[n+](COC[C@H](C)CC)c1. The summed E-state index contributed by atoms with van der Waals surface area (Å²) in [5, 5.41) is 0. The quantitative estimate of drug-likeness (QED) is 0.632. The number of aryl methyl sites for hydroxylation is 1. The van der Waals surface area contributed by atoms with E-state index in [4.69, 9.17) is 4.74 Å². The molecule has 0 aromatic carbocycles. The third-order valence-electron chi connectivity index (χ3n) is 2.57. The Balaban J connectivity index is 2.25. The second-order valence-electron chi connectivity index (χ2n) is 4.18. The fourth-order valence-electron chi connectivity index (χ4n) is 1.38. The standard InChI is InChI=1S/C12H23N2O/c1-4-6-13-7-8-14(10-13)11-15-9-12(3)5-2/h7-8,10,12H,4-6,9,11H2,1-3H3/q+1/t12-/m1/s1. The van der Waals surface area contributed by atoms with Gasteiger partial charge in [-0.1, -0.05) is 27.2 Å². The van der Waals surface area contributed by atoms with Crippen molar-refractivity contribution in [3.8, 4) is 0 Å². The molecule has 1 heterocycles. The van der Waals surface area contributed by atoms with E-state index in [0.717, 1.165) is 13.2 Å². The molecule has 1 aromatic rings. The molecule has 1 atom stereocenters. The lowest BCUT2D eigenvalue weighted by Gasteiger charge is -2.06. The minimum Gasteiger partial charge on any atom is -0.341 e. The van der Waals surface area contributed by atoms with Gasteiger partial charge >= 0.3 is 0 Å². The maximum absolute atomic E-state index is 5.61. The summed E-state index contributed by atoms with van der Waals surface area (Å²) >= 11 is 0.